The number of ether oxygens (including phenoxy) is 2. The molecule has 3 atom stereocenters. The summed E-state index contributed by atoms with van der Waals surface area (Å²) in [5.41, 5.74) is 5.13. The lowest BCUT2D eigenvalue weighted by molar-refractivity contribution is 0.0695. The van der Waals surface area contributed by atoms with E-state index in [0.29, 0.717) is 5.56 Å². The van der Waals surface area contributed by atoms with E-state index in [4.69, 9.17) is 9.47 Å². The second-order valence-corrected chi connectivity index (χ2v) is 9.55. The fourth-order valence-corrected chi connectivity index (χ4v) is 5.25. The highest BCUT2D eigenvalue weighted by Gasteiger charge is 2.31. The van der Waals surface area contributed by atoms with Gasteiger partial charge in [-0.05, 0) is 87.0 Å². The van der Waals surface area contributed by atoms with Crippen molar-refractivity contribution < 1.29 is 23.8 Å². The number of carboxylic acids is 1. The second kappa shape index (κ2) is 12.4. The Morgan fingerprint density at radius 3 is 2.65 bits per heavy atom. The number of carbonyl (C=O) groups is 1. The Labute approximate surface area is 224 Å². The maximum atomic E-state index is 13.7. The average molecular weight is 528 g/mol. The van der Waals surface area contributed by atoms with Gasteiger partial charge in [-0.2, -0.15) is 0 Å². The first-order chi connectivity index (χ1) is 17.3. The fraction of sp³-hybridized carbons (Fsp3) is 0.367. The number of aryl methyl sites for hydroxylation is 1. The molecule has 0 saturated heterocycles. The summed E-state index contributed by atoms with van der Waals surface area (Å²) >= 11 is 0. The molecule has 4 rings (SSSR count). The quantitative estimate of drug-likeness (QED) is 0.294. The number of halogens is 2. The SMILES string of the molecule is COc1cc(C(C)NCCC[C@H]2C[C@@H](c3ccc(C)c(C(=O)O)c3C)c3ccccc3O2)ccc1F.Cl. The zero-order chi connectivity index (χ0) is 25.8. The summed E-state index contributed by atoms with van der Waals surface area (Å²) in [6, 6.07) is 17.0. The van der Waals surface area contributed by atoms with Crippen molar-refractivity contribution in [3.8, 4) is 11.5 Å². The minimum absolute atomic E-state index is 0. The first kappa shape index (κ1) is 28.5. The van der Waals surface area contributed by atoms with Crippen molar-refractivity contribution >= 4 is 18.4 Å². The molecule has 3 aromatic rings. The van der Waals surface area contributed by atoms with Gasteiger partial charge in [0.25, 0.3) is 0 Å². The highest BCUT2D eigenvalue weighted by atomic mass is 35.5. The summed E-state index contributed by atoms with van der Waals surface area (Å²) in [5.74, 6) is -0.0498. The van der Waals surface area contributed by atoms with E-state index in [1.165, 1.54) is 13.2 Å². The van der Waals surface area contributed by atoms with Crippen LogP contribution in [0.3, 0.4) is 0 Å². The van der Waals surface area contributed by atoms with Crippen molar-refractivity contribution in [3.05, 3.63) is 93.8 Å². The molecule has 1 aliphatic heterocycles. The zero-order valence-electron chi connectivity index (χ0n) is 21.7. The van der Waals surface area contributed by atoms with Crippen LogP contribution in [0.1, 0.15) is 76.3 Å². The van der Waals surface area contributed by atoms with Crippen molar-refractivity contribution in [2.45, 2.75) is 58.1 Å². The molecule has 2 N–H and O–H groups in total. The predicted octanol–water partition coefficient (Wildman–Crippen LogP) is 6.99. The summed E-state index contributed by atoms with van der Waals surface area (Å²) in [5, 5.41) is 13.3. The maximum absolute atomic E-state index is 13.7. The van der Waals surface area contributed by atoms with Crippen molar-refractivity contribution in [3.63, 3.8) is 0 Å². The van der Waals surface area contributed by atoms with Gasteiger partial charge in [0.2, 0.25) is 0 Å². The van der Waals surface area contributed by atoms with Crippen LogP contribution < -0.4 is 14.8 Å². The van der Waals surface area contributed by atoms with E-state index >= 15 is 0 Å². The molecule has 0 fully saturated rings. The lowest BCUT2D eigenvalue weighted by Gasteiger charge is -2.34. The Hall–Kier alpha value is -3.09. The van der Waals surface area contributed by atoms with E-state index in [1.807, 2.05) is 38.1 Å². The zero-order valence-corrected chi connectivity index (χ0v) is 22.5. The van der Waals surface area contributed by atoms with Crippen molar-refractivity contribution in [1.29, 1.82) is 0 Å². The Morgan fingerprint density at radius 1 is 1.16 bits per heavy atom. The number of hydrogen-bond acceptors (Lipinski definition) is 4. The van der Waals surface area contributed by atoms with Gasteiger partial charge in [0.05, 0.1) is 18.8 Å². The molecule has 0 aliphatic carbocycles. The van der Waals surface area contributed by atoms with Gasteiger partial charge in [-0.15, -0.1) is 12.4 Å². The maximum Gasteiger partial charge on any atom is 0.336 e. The molecule has 0 aromatic heterocycles. The third-order valence-electron chi connectivity index (χ3n) is 7.22. The van der Waals surface area contributed by atoms with E-state index in [1.54, 1.807) is 12.1 Å². The number of benzene rings is 3. The Balaban J connectivity index is 0.00000380. The molecule has 198 valence electrons. The lowest BCUT2D eigenvalue weighted by atomic mass is 9.80. The molecule has 1 aliphatic rings. The van der Waals surface area contributed by atoms with E-state index in [9.17, 15) is 14.3 Å². The summed E-state index contributed by atoms with van der Waals surface area (Å²) < 4.78 is 25.2. The van der Waals surface area contributed by atoms with Gasteiger partial charge in [0.1, 0.15) is 5.75 Å². The third kappa shape index (κ3) is 6.25. The highest BCUT2D eigenvalue weighted by Crippen LogP contribution is 2.43. The van der Waals surface area contributed by atoms with Crippen LogP contribution in [-0.4, -0.2) is 30.8 Å². The van der Waals surface area contributed by atoms with Crippen LogP contribution in [0.4, 0.5) is 4.39 Å². The minimum Gasteiger partial charge on any atom is -0.494 e. The van der Waals surface area contributed by atoms with Gasteiger partial charge < -0.3 is 19.9 Å². The van der Waals surface area contributed by atoms with Crippen molar-refractivity contribution in [2.75, 3.05) is 13.7 Å². The van der Waals surface area contributed by atoms with Crippen LogP contribution in [0, 0.1) is 19.7 Å². The van der Waals surface area contributed by atoms with Gasteiger partial charge in [-0.1, -0.05) is 36.4 Å². The molecule has 0 bridgehead atoms. The summed E-state index contributed by atoms with van der Waals surface area (Å²) in [7, 11) is 1.47. The van der Waals surface area contributed by atoms with Crippen molar-refractivity contribution in [1.82, 2.24) is 5.32 Å². The van der Waals surface area contributed by atoms with Crippen LogP contribution in [0.25, 0.3) is 0 Å². The van der Waals surface area contributed by atoms with Crippen LogP contribution in [0.5, 0.6) is 11.5 Å². The topological polar surface area (TPSA) is 67.8 Å². The first-order valence-corrected chi connectivity index (χ1v) is 12.5. The van der Waals surface area contributed by atoms with Crippen LogP contribution in [0.15, 0.2) is 54.6 Å². The average Bonchev–Trinajstić information content (AvgIpc) is 2.86. The molecular weight excluding hydrogens is 493 g/mol. The number of aromatic carboxylic acids is 1. The van der Waals surface area contributed by atoms with Crippen LogP contribution >= 0.6 is 12.4 Å². The normalized spacial score (nSPS) is 17.2. The number of rotatable bonds is 9. The molecule has 37 heavy (non-hydrogen) atoms. The number of methoxy groups -OCH3 is 1. The Kier molecular flexibility index (Phi) is 9.57. The number of hydrogen-bond donors (Lipinski definition) is 2. The third-order valence-corrected chi connectivity index (χ3v) is 7.22. The summed E-state index contributed by atoms with van der Waals surface area (Å²) in [6.07, 6.45) is 2.61. The van der Waals surface area contributed by atoms with E-state index in [2.05, 4.69) is 24.4 Å². The molecule has 0 saturated carbocycles. The van der Waals surface area contributed by atoms with Gasteiger partial charge in [-0.3, -0.25) is 0 Å². The molecule has 1 heterocycles. The Bertz CT molecular complexity index is 1250. The lowest BCUT2D eigenvalue weighted by Crippen LogP contribution is -2.28. The molecule has 1 unspecified atom stereocenters. The predicted molar refractivity (Wildman–Crippen MR) is 146 cm³/mol. The summed E-state index contributed by atoms with van der Waals surface area (Å²) in [4.78, 5) is 11.9. The van der Waals surface area contributed by atoms with Gasteiger partial charge in [0, 0.05) is 17.5 Å². The van der Waals surface area contributed by atoms with Gasteiger partial charge in [0.15, 0.2) is 11.6 Å². The van der Waals surface area contributed by atoms with E-state index < -0.39 is 5.97 Å². The smallest absolute Gasteiger partial charge is 0.336 e. The monoisotopic (exact) mass is 527 g/mol. The molecule has 0 radical (unpaired) electrons. The molecule has 7 heteroatoms. The molecule has 0 amide bonds. The van der Waals surface area contributed by atoms with Gasteiger partial charge in [-0.25, -0.2) is 9.18 Å². The largest absolute Gasteiger partial charge is 0.494 e. The molecule has 3 aromatic carbocycles. The highest BCUT2D eigenvalue weighted by molar-refractivity contribution is 5.91. The number of carboxylic acid groups (broad SMARTS) is 1. The first-order valence-electron chi connectivity index (χ1n) is 12.5. The number of para-hydroxylation sites is 1. The number of nitrogens with one attached hydrogen (secondary N) is 1. The number of fused-ring (bicyclic) bond motifs is 1. The minimum atomic E-state index is -0.886. The second-order valence-electron chi connectivity index (χ2n) is 9.55. The van der Waals surface area contributed by atoms with E-state index in [-0.39, 0.29) is 42.0 Å². The standard InChI is InChI=1S/C30H34FNO4.ClH/c1-18-11-13-23(19(2)29(18)30(33)34)25-17-22(36-27-10-6-5-9-24(25)27)8-7-15-32-20(3)21-12-14-26(31)28(16-21)35-4;/h5-6,9-14,16,20,22,25,32H,7-8,15,17H2,1-4H3,(H,33,34);1H/t20?,22-,25-;/m0./s1. The Morgan fingerprint density at radius 2 is 1.92 bits per heavy atom. The van der Waals surface area contributed by atoms with Crippen LogP contribution in [-0.2, 0) is 0 Å². The summed E-state index contributed by atoms with van der Waals surface area (Å²) in [6.45, 7) is 6.60. The van der Waals surface area contributed by atoms with E-state index in [0.717, 1.165) is 59.4 Å². The molecule has 0 spiro atoms. The van der Waals surface area contributed by atoms with Crippen LogP contribution in [0.2, 0.25) is 0 Å². The molecular formula is C30H35ClFNO4. The molecule has 5 nitrogen and oxygen atoms in total. The van der Waals surface area contributed by atoms with Crippen molar-refractivity contribution in [2.24, 2.45) is 0 Å². The fourth-order valence-electron chi connectivity index (χ4n) is 5.25. The van der Waals surface area contributed by atoms with Gasteiger partial charge >= 0.3 is 5.97 Å².